The molecule has 1 N–H and O–H groups in total. The molecule has 2 amide bonds. The highest BCUT2D eigenvalue weighted by Crippen LogP contribution is 2.32. The summed E-state index contributed by atoms with van der Waals surface area (Å²) in [5.74, 6) is -0.00996. The van der Waals surface area contributed by atoms with Crippen LogP contribution in [0, 0.1) is 0 Å². The number of carbonyl (C=O) groups is 3. The third kappa shape index (κ3) is 5.60. The van der Waals surface area contributed by atoms with Crippen LogP contribution in [0.3, 0.4) is 0 Å². The lowest BCUT2D eigenvalue weighted by molar-refractivity contribution is -0.124. The predicted octanol–water partition coefficient (Wildman–Crippen LogP) is 4.02. The number of nitrogens with zero attached hydrogens (tertiary/aromatic N) is 2. The summed E-state index contributed by atoms with van der Waals surface area (Å²) < 4.78 is 15.4. The van der Waals surface area contributed by atoms with Crippen LogP contribution in [0.2, 0.25) is 0 Å². The summed E-state index contributed by atoms with van der Waals surface area (Å²) in [4.78, 5) is 41.5. The lowest BCUT2D eigenvalue weighted by Gasteiger charge is -2.24. The van der Waals surface area contributed by atoms with E-state index in [1.54, 1.807) is 61.6 Å². The number of ether oxygens (including phenoxy) is 3. The van der Waals surface area contributed by atoms with E-state index in [1.165, 1.54) is 12.0 Å². The van der Waals surface area contributed by atoms with Crippen LogP contribution in [-0.4, -0.2) is 55.2 Å². The first kappa shape index (κ1) is 26.6. The maximum atomic E-state index is 13.6. The summed E-state index contributed by atoms with van der Waals surface area (Å²) in [6, 6.07) is 20.0. The van der Waals surface area contributed by atoms with E-state index >= 15 is 0 Å². The Morgan fingerprint density at radius 3 is 2.24 bits per heavy atom. The summed E-state index contributed by atoms with van der Waals surface area (Å²) in [5.41, 5.74) is 2.31. The van der Waals surface area contributed by atoms with Crippen LogP contribution in [-0.2, 0) is 20.9 Å². The molecule has 1 atom stereocenters. The van der Waals surface area contributed by atoms with Crippen molar-refractivity contribution in [3.63, 3.8) is 0 Å². The number of amides is 2. The van der Waals surface area contributed by atoms with Gasteiger partial charge in [-0.1, -0.05) is 24.3 Å². The number of anilines is 2. The Bertz CT molecular complexity index is 1350. The van der Waals surface area contributed by atoms with Crippen molar-refractivity contribution in [2.24, 2.45) is 0 Å². The minimum absolute atomic E-state index is 0.131. The SMILES string of the molecule is COC(=O)c1ccc(NC(=O)C[C@@H]2C(=O)N(c3ccccc3)C(=S)N2Cc2ccc(OC)c(OC)c2)cc1. The first-order valence-electron chi connectivity index (χ1n) is 11.7. The molecular weight excluding hydrogens is 506 g/mol. The normalized spacial score (nSPS) is 14.9. The first-order chi connectivity index (χ1) is 18.4. The first-order valence-corrected chi connectivity index (χ1v) is 12.2. The van der Waals surface area contributed by atoms with E-state index in [2.05, 4.69) is 5.32 Å². The lowest BCUT2D eigenvalue weighted by atomic mass is 10.1. The highest BCUT2D eigenvalue weighted by Gasteiger charge is 2.44. The van der Waals surface area contributed by atoms with Gasteiger partial charge in [0.05, 0.1) is 39.0 Å². The molecule has 3 aromatic carbocycles. The van der Waals surface area contributed by atoms with Gasteiger partial charge in [-0.05, 0) is 66.3 Å². The van der Waals surface area contributed by atoms with Crippen molar-refractivity contribution in [3.05, 3.63) is 83.9 Å². The molecule has 1 saturated heterocycles. The molecule has 1 fully saturated rings. The third-order valence-electron chi connectivity index (χ3n) is 6.10. The quantitative estimate of drug-likeness (QED) is 0.325. The minimum Gasteiger partial charge on any atom is -0.493 e. The second kappa shape index (κ2) is 11.7. The maximum absolute atomic E-state index is 13.6. The smallest absolute Gasteiger partial charge is 0.337 e. The number of methoxy groups -OCH3 is 3. The van der Waals surface area contributed by atoms with Crippen LogP contribution >= 0.6 is 12.2 Å². The number of rotatable bonds is 9. The highest BCUT2D eigenvalue weighted by atomic mass is 32.1. The average molecular weight is 534 g/mol. The molecule has 0 aliphatic carbocycles. The minimum atomic E-state index is -0.829. The summed E-state index contributed by atoms with van der Waals surface area (Å²) >= 11 is 5.74. The summed E-state index contributed by atoms with van der Waals surface area (Å²) in [6.45, 7) is 0.278. The third-order valence-corrected chi connectivity index (χ3v) is 6.52. The van der Waals surface area contributed by atoms with Crippen molar-refractivity contribution in [1.82, 2.24) is 4.90 Å². The van der Waals surface area contributed by atoms with E-state index in [9.17, 15) is 14.4 Å². The van der Waals surface area contributed by atoms with Gasteiger partial charge in [0.2, 0.25) is 5.91 Å². The topological polar surface area (TPSA) is 97.4 Å². The van der Waals surface area contributed by atoms with Gasteiger partial charge in [0, 0.05) is 12.2 Å². The molecule has 38 heavy (non-hydrogen) atoms. The molecule has 3 aromatic rings. The maximum Gasteiger partial charge on any atom is 0.337 e. The summed E-state index contributed by atoms with van der Waals surface area (Å²) in [5, 5.41) is 3.09. The Labute approximate surface area is 225 Å². The van der Waals surface area contributed by atoms with Crippen molar-refractivity contribution in [1.29, 1.82) is 0 Å². The molecule has 0 radical (unpaired) electrons. The zero-order chi connectivity index (χ0) is 27.2. The summed E-state index contributed by atoms with van der Waals surface area (Å²) in [6.07, 6.45) is -0.131. The Hall–Kier alpha value is -4.44. The molecule has 0 aromatic heterocycles. The molecular formula is C28H27N3O6S. The Morgan fingerprint density at radius 1 is 0.921 bits per heavy atom. The van der Waals surface area contributed by atoms with Crippen molar-refractivity contribution in [2.45, 2.75) is 19.0 Å². The summed E-state index contributed by atoms with van der Waals surface area (Å²) in [7, 11) is 4.41. The van der Waals surface area contributed by atoms with Gasteiger partial charge in [0.25, 0.3) is 5.91 Å². The van der Waals surface area contributed by atoms with E-state index in [-0.39, 0.29) is 24.8 Å². The van der Waals surface area contributed by atoms with E-state index in [0.29, 0.717) is 33.5 Å². The number of nitrogens with one attached hydrogen (secondary N) is 1. The molecule has 0 spiro atoms. The van der Waals surface area contributed by atoms with E-state index in [1.807, 2.05) is 30.3 Å². The van der Waals surface area contributed by atoms with Gasteiger partial charge in [0.1, 0.15) is 6.04 Å². The lowest BCUT2D eigenvalue weighted by Crippen LogP contribution is -2.37. The second-order valence-electron chi connectivity index (χ2n) is 8.45. The number of hydrogen-bond donors (Lipinski definition) is 1. The zero-order valence-electron chi connectivity index (χ0n) is 21.2. The monoisotopic (exact) mass is 533 g/mol. The second-order valence-corrected chi connectivity index (χ2v) is 8.81. The van der Waals surface area contributed by atoms with Crippen LogP contribution in [0.1, 0.15) is 22.3 Å². The van der Waals surface area contributed by atoms with Crippen molar-refractivity contribution in [2.75, 3.05) is 31.5 Å². The Kier molecular flexibility index (Phi) is 8.22. The van der Waals surface area contributed by atoms with Crippen LogP contribution in [0.15, 0.2) is 72.8 Å². The van der Waals surface area contributed by atoms with Crippen LogP contribution in [0.4, 0.5) is 11.4 Å². The number of para-hydroxylation sites is 1. The van der Waals surface area contributed by atoms with E-state index in [0.717, 1.165) is 5.56 Å². The molecule has 9 nitrogen and oxygen atoms in total. The molecule has 0 unspecified atom stereocenters. The zero-order valence-corrected chi connectivity index (χ0v) is 22.0. The molecule has 4 rings (SSSR count). The molecule has 0 bridgehead atoms. The largest absolute Gasteiger partial charge is 0.493 e. The molecule has 196 valence electrons. The van der Waals surface area contributed by atoms with Crippen LogP contribution < -0.4 is 19.7 Å². The Balaban J connectivity index is 1.58. The Morgan fingerprint density at radius 2 is 1.61 bits per heavy atom. The van der Waals surface area contributed by atoms with E-state index < -0.39 is 12.0 Å². The van der Waals surface area contributed by atoms with Gasteiger partial charge in [-0.25, -0.2) is 4.79 Å². The fraction of sp³-hybridized carbons (Fsp3) is 0.214. The van der Waals surface area contributed by atoms with E-state index in [4.69, 9.17) is 26.4 Å². The van der Waals surface area contributed by atoms with Gasteiger partial charge >= 0.3 is 5.97 Å². The number of carbonyl (C=O) groups excluding carboxylic acids is 3. The van der Waals surface area contributed by atoms with Gasteiger partial charge in [-0.15, -0.1) is 0 Å². The number of esters is 1. The van der Waals surface area contributed by atoms with Gasteiger partial charge in [-0.2, -0.15) is 0 Å². The highest BCUT2D eigenvalue weighted by molar-refractivity contribution is 7.80. The van der Waals surface area contributed by atoms with Gasteiger partial charge in [-0.3, -0.25) is 14.5 Å². The number of benzene rings is 3. The van der Waals surface area contributed by atoms with Crippen LogP contribution in [0.25, 0.3) is 0 Å². The van der Waals surface area contributed by atoms with Crippen molar-refractivity contribution < 1.29 is 28.6 Å². The molecule has 1 aliphatic heterocycles. The molecule has 1 aliphatic rings. The number of hydrogen-bond acceptors (Lipinski definition) is 7. The molecule has 0 saturated carbocycles. The van der Waals surface area contributed by atoms with Crippen molar-refractivity contribution >= 4 is 46.5 Å². The average Bonchev–Trinajstić information content (AvgIpc) is 3.17. The van der Waals surface area contributed by atoms with Gasteiger partial charge < -0.3 is 24.4 Å². The van der Waals surface area contributed by atoms with Gasteiger partial charge in [0.15, 0.2) is 16.6 Å². The fourth-order valence-electron chi connectivity index (χ4n) is 4.20. The number of thiocarbonyl (C=S) groups is 1. The van der Waals surface area contributed by atoms with Crippen LogP contribution in [0.5, 0.6) is 11.5 Å². The standard InChI is InChI=1S/C28H27N3O6S/c1-35-23-14-9-18(15-24(23)36-2)17-30-22(26(33)31(28(30)38)21-7-5-4-6-8-21)16-25(32)29-20-12-10-19(11-13-20)27(34)37-3/h4-15,22H,16-17H2,1-3H3,(H,29,32)/t22-/m1/s1. The van der Waals surface area contributed by atoms with Crippen molar-refractivity contribution in [3.8, 4) is 11.5 Å². The predicted molar refractivity (Wildman–Crippen MR) is 146 cm³/mol. The fourth-order valence-corrected chi connectivity index (χ4v) is 4.59. The molecule has 1 heterocycles. The molecule has 10 heteroatoms.